The van der Waals surface area contributed by atoms with Crippen LogP contribution < -0.4 is 9.47 Å². The highest BCUT2D eigenvalue weighted by atomic mass is 19.1. The standard InChI is InChI=1S/C13H15FO4/c1-17-11-5-3-10(4-6-13(15)16)9-12(11)18-8-2-7-14/h3-6,9H,2,7-8H2,1H3,(H,15,16)/b6-4+. The van der Waals surface area contributed by atoms with E-state index < -0.39 is 12.6 Å². The summed E-state index contributed by atoms with van der Waals surface area (Å²) in [4.78, 5) is 10.4. The lowest BCUT2D eigenvalue weighted by molar-refractivity contribution is -0.131. The van der Waals surface area contributed by atoms with Crippen LogP contribution in [0, 0.1) is 0 Å². The molecule has 1 N–H and O–H groups in total. The van der Waals surface area contributed by atoms with Gasteiger partial charge in [0.25, 0.3) is 0 Å². The van der Waals surface area contributed by atoms with Gasteiger partial charge < -0.3 is 14.6 Å². The average molecular weight is 254 g/mol. The lowest BCUT2D eigenvalue weighted by Crippen LogP contribution is -2.00. The number of methoxy groups -OCH3 is 1. The number of aliphatic carboxylic acids is 1. The topological polar surface area (TPSA) is 55.8 Å². The van der Waals surface area contributed by atoms with E-state index in [2.05, 4.69) is 0 Å². The van der Waals surface area contributed by atoms with Crippen LogP contribution in [0.4, 0.5) is 4.39 Å². The van der Waals surface area contributed by atoms with E-state index in [1.807, 2.05) is 0 Å². The maximum Gasteiger partial charge on any atom is 0.328 e. The highest BCUT2D eigenvalue weighted by Crippen LogP contribution is 2.28. The number of hydrogen-bond acceptors (Lipinski definition) is 3. The lowest BCUT2D eigenvalue weighted by Gasteiger charge is -2.10. The molecule has 0 bridgehead atoms. The van der Waals surface area contributed by atoms with Crippen LogP contribution in [0.2, 0.25) is 0 Å². The Hall–Kier alpha value is -2.04. The second kappa shape index (κ2) is 7.32. The first-order valence-corrected chi connectivity index (χ1v) is 5.45. The van der Waals surface area contributed by atoms with Gasteiger partial charge in [-0.3, -0.25) is 4.39 Å². The van der Waals surface area contributed by atoms with Gasteiger partial charge in [-0.05, 0) is 23.8 Å². The number of carbonyl (C=O) groups is 1. The average Bonchev–Trinajstić information content (AvgIpc) is 2.37. The summed E-state index contributed by atoms with van der Waals surface area (Å²) in [5.74, 6) is -0.0227. The van der Waals surface area contributed by atoms with E-state index in [0.29, 0.717) is 23.5 Å². The molecule has 0 heterocycles. The van der Waals surface area contributed by atoms with Crippen molar-refractivity contribution in [2.24, 2.45) is 0 Å². The fourth-order valence-electron chi connectivity index (χ4n) is 1.31. The van der Waals surface area contributed by atoms with E-state index in [9.17, 15) is 9.18 Å². The minimum atomic E-state index is -1.02. The molecule has 0 radical (unpaired) electrons. The van der Waals surface area contributed by atoms with Gasteiger partial charge in [0.2, 0.25) is 0 Å². The highest BCUT2D eigenvalue weighted by Gasteiger charge is 2.04. The van der Waals surface area contributed by atoms with Crippen LogP contribution in [0.1, 0.15) is 12.0 Å². The zero-order chi connectivity index (χ0) is 13.4. The third-order valence-electron chi connectivity index (χ3n) is 2.14. The molecule has 0 aliphatic heterocycles. The molecule has 1 aromatic rings. The van der Waals surface area contributed by atoms with E-state index in [4.69, 9.17) is 14.6 Å². The smallest absolute Gasteiger partial charge is 0.328 e. The Morgan fingerprint density at radius 2 is 2.22 bits per heavy atom. The molecule has 0 amide bonds. The molecule has 98 valence electrons. The fourth-order valence-corrected chi connectivity index (χ4v) is 1.31. The summed E-state index contributed by atoms with van der Waals surface area (Å²) in [5.41, 5.74) is 0.674. The van der Waals surface area contributed by atoms with Crippen molar-refractivity contribution >= 4 is 12.0 Å². The second-order valence-corrected chi connectivity index (χ2v) is 3.47. The van der Waals surface area contributed by atoms with Crippen molar-refractivity contribution in [2.45, 2.75) is 6.42 Å². The van der Waals surface area contributed by atoms with Gasteiger partial charge in [0, 0.05) is 12.5 Å². The zero-order valence-corrected chi connectivity index (χ0v) is 10.1. The van der Waals surface area contributed by atoms with Gasteiger partial charge in [-0.2, -0.15) is 0 Å². The number of carboxylic acids is 1. The molecule has 0 fully saturated rings. The number of hydrogen-bond donors (Lipinski definition) is 1. The Bertz CT molecular complexity index is 429. The molecule has 18 heavy (non-hydrogen) atoms. The molecule has 1 rings (SSSR count). The minimum Gasteiger partial charge on any atom is -0.493 e. The van der Waals surface area contributed by atoms with E-state index >= 15 is 0 Å². The Balaban J connectivity index is 2.83. The van der Waals surface area contributed by atoms with Gasteiger partial charge in [0.15, 0.2) is 11.5 Å². The van der Waals surface area contributed by atoms with Crippen molar-refractivity contribution in [2.75, 3.05) is 20.4 Å². The summed E-state index contributed by atoms with van der Waals surface area (Å²) < 4.78 is 22.4. The zero-order valence-electron chi connectivity index (χ0n) is 10.1. The van der Waals surface area contributed by atoms with Gasteiger partial charge in [0.1, 0.15) is 0 Å². The predicted molar refractivity (Wildman–Crippen MR) is 65.8 cm³/mol. The summed E-state index contributed by atoms with van der Waals surface area (Å²) in [5, 5.41) is 8.53. The van der Waals surface area contributed by atoms with Crippen LogP contribution in [0.5, 0.6) is 11.5 Å². The molecule has 0 aliphatic carbocycles. The second-order valence-electron chi connectivity index (χ2n) is 3.47. The Morgan fingerprint density at radius 3 is 2.83 bits per heavy atom. The summed E-state index contributed by atoms with van der Waals surface area (Å²) in [7, 11) is 1.50. The largest absolute Gasteiger partial charge is 0.493 e. The fraction of sp³-hybridized carbons (Fsp3) is 0.308. The van der Waals surface area contributed by atoms with E-state index in [1.54, 1.807) is 18.2 Å². The number of halogens is 1. The monoisotopic (exact) mass is 254 g/mol. The molecule has 0 unspecified atom stereocenters. The predicted octanol–water partition coefficient (Wildman–Crippen LogP) is 2.53. The molecule has 0 saturated heterocycles. The highest BCUT2D eigenvalue weighted by molar-refractivity contribution is 5.85. The van der Waals surface area contributed by atoms with Crippen LogP contribution in [0.15, 0.2) is 24.3 Å². The number of carboxylic acid groups (broad SMARTS) is 1. The van der Waals surface area contributed by atoms with Crippen molar-refractivity contribution in [3.8, 4) is 11.5 Å². The van der Waals surface area contributed by atoms with Crippen molar-refractivity contribution in [3.05, 3.63) is 29.8 Å². The minimum absolute atomic E-state index is 0.249. The Morgan fingerprint density at radius 1 is 1.44 bits per heavy atom. The van der Waals surface area contributed by atoms with Crippen LogP contribution in [0.3, 0.4) is 0 Å². The number of benzene rings is 1. The van der Waals surface area contributed by atoms with E-state index in [-0.39, 0.29) is 6.61 Å². The molecular weight excluding hydrogens is 239 g/mol. The van der Waals surface area contributed by atoms with Gasteiger partial charge in [0.05, 0.1) is 20.4 Å². The molecule has 1 aromatic carbocycles. The molecule has 4 nitrogen and oxygen atoms in total. The van der Waals surface area contributed by atoms with Crippen molar-refractivity contribution in [1.82, 2.24) is 0 Å². The van der Waals surface area contributed by atoms with Crippen LogP contribution >= 0.6 is 0 Å². The van der Waals surface area contributed by atoms with Gasteiger partial charge in [-0.25, -0.2) is 4.79 Å². The maximum atomic E-state index is 12.0. The first-order valence-electron chi connectivity index (χ1n) is 5.45. The van der Waals surface area contributed by atoms with Crippen molar-refractivity contribution in [3.63, 3.8) is 0 Å². The van der Waals surface area contributed by atoms with Crippen LogP contribution in [0.25, 0.3) is 6.08 Å². The van der Waals surface area contributed by atoms with Crippen molar-refractivity contribution in [1.29, 1.82) is 0 Å². The molecule has 0 aliphatic rings. The number of alkyl halides is 1. The Kier molecular flexibility index (Phi) is 5.70. The summed E-state index contributed by atoms with van der Waals surface area (Å²) >= 11 is 0. The Labute approximate surface area is 105 Å². The maximum absolute atomic E-state index is 12.0. The van der Waals surface area contributed by atoms with Gasteiger partial charge >= 0.3 is 5.97 Å². The van der Waals surface area contributed by atoms with Crippen LogP contribution in [-0.4, -0.2) is 31.5 Å². The first kappa shape index (κ1) is 14.0. The summed E-state index contributed by atoms with van der Waals surface area (Å²) in [6, 6.07) is 5.03. The summed E-state index contributed by atoms with van der Waals surface area (Å²) in [6.45, 7) is -0.195. The molecule has 5 heteroatoms. The van der Waals surface area contributed by atoms with E-state index in [0.717, 1.165) is 6.08 Å². The lowest BCUT2D eigenvalue weighted by atomic mass is 10.2. The first-order chi connectivity index (χ1) is 8.67. The normalized spacial score (nSPS) is 10.6. The van der Waals surface area contributed by atoms with Crippen molar-refractivity contribution < 1.29 is 23.8 Å². The molecular formula is C13H15FO4. The molecule has 0 saturated carbocycles. The van der Waals surface area contributed by atoms with Gasteiger partial charge in [-0.1, -0.05) is 6.07 Å². The summed E-state index contributed by atoms with van der Waals surface area (Å²) in [6.07, 6.45) is 2.79. The third kappa shape index (κ3) is 4.45. The van der Waals surface area contributed by atoms with E-state index in [1.165, 1.54) is 13.2 Å². The molecule has 0 spiro atoms. The SMILES string of the molecule is COc1ccc(/C=C/C(=O)O)cc1OCCCF. The number of rotatable bonds is 7. The number of ether oxygens (including phenoxy) is 2. The van der Waals surface area contributed by atoms with Gasteiger partial charge in [-0.15, -0.1) is 0 Å². The quantitative estimate of drug-likeness (QED) is 0.600. The third-order valence-corrected chi connectivity index (χ3v) is 2.14. The molecule has 0 aromatic heterocycles. The van der Waals surface area contributed by atoms with Crippen LogP contribution in [-0.2, 0) is 4.79 Å². The molecule has 0 atom stereocenters.